The first kappa shape index (κ1) is 12.0. The minimum absolute atomic E-state index is 0.0374. The van der Waals surface area contributed by atoms with Crippen molar-refractivity contribution < 1.29 is 0 Å². The third-order valence-electron chi connectivity index (χ3n) is 2.56. The van der Waals surface area contributed by atoms with Gasteiger partial charge in [-0.3, -0.25) is 0 Å². The molecule has 2 aromatic rings. The molecule has 17 heavy (non-hydrogen) atoms. The summed E-state index contributed by atoms with van der Waals surface area (Å²) in [6.07, 6.45) is 1.77. The maximum atomic E-state index is 6.00. The normalized spacial score (nSPS) is 12.4. The Balaban J connectivity index is 2.40. The number of aryl methyl sites for hydroxylation is 1. The average molecular weight is 248 g/mol. The van der Waals surface area contributed by atoms with Gasteiger partial charge in [-0.1, -0.05) is 23.7 Å². The minimum Gasteiger partial charge on any atom is -0.308 e. The van der Waals surface area contributed by atoms with E-state index in [1.807, 2.05) is 44.3 Å². The molecule has 0 fully saturated rings. The van der Waals surface area contributed by atoms with Crippen LogP contribution >= 0.6 is 11.6 Å². The molecule has 0 saturated heterocycles. The number of nitrogens with zero attached hydrogens (tertiary/aromatic N) is 2. The van der Waals surface area contributed by atoms with E-state index < -0.39 is 0 Å². The van der Waals surface area contributed by atoms with E-state index in [0.29, 0.717) is 0 Å². The van der Waals surface area contributed by atoms with Crippen LogP contribution in [0.15, 0.2) is 36.5 Å². The molecule has 2 rings (SSSR count). The predicted molar refractivity (Wildman–Crippen MR) is 69.1 cm³/mol. The molecular formula is C13H14ClN3. The summed E-state index contributed by atoms with van der Waals surface area (Å²) in [4.78, 5) is 8.54. The van der Waals surface area contributed by atoms with Crippen molar-refractivity contribution in [3.63, 3.8) is 0 Å². The standard InChI is InChI=1S/C13H14ClN3/c1-9-16-7-6-12(17-9)13(15-2)10-4-3-5-11(14)8-10/h3-8,13,15H,1-2H3. The summed E-state index contributed by atoms with van der Waals surface area (Å²) >= 11 is 6.00. The summed E-state index contributed by atoms with van der Waals surface area (Å²) in [5.74, 6) is 0.768. The number of rotatable bonds is 3. The molecule has 0 amide bonds. The van der Waals surface area contributed by atoms with Crippen LogP contribution in [-0.2, 0) is 0 Å². The average Bonchev–Trinajstić information content (AvgIpc) is 2.30. The SMILES string of the molecule is CNC(c1cccc(Cl)c1)c1ccnc(C)n1. The lowest BCUT2D eigenvalue weighted by Crippen LogP contribution is -2.19. The van der Waals surface area contributed by atoms with Crippen LogP contribution in [0.2, 0.25) is 5.02 Å². The van der Waals surface area contributed by atoms with Gasteiger partial charge in [0.2, 0.25) is 0 Å². The van der Waals surface area contributed by atoms with Gasteiger partial charge in [-0.25, -0.2) is 9.97 Å². The van der Waals surface area contributed by atoms with Gasteiger partial charge in [0, 0.05) is 11.2 Å². The molecule has 1 N–H and O–H groups in total. The highest BCUT2D eigenvalue weighted by atomic mass is 35.5. The van der Waals surface area contributed by atoms with Gasteiger partial charge in [-0.05, 0) is 37.7 Å². The van der Waals surface area contributed by atoms with Crippen LogP contribution < -0.4 is 5.32 Å². The summed E-state index contributed by atoms with van der Waals surface area (Å²) in [6, 6.07) is 9.73. The first-order valence-electron chi connectivity index (χ1n) is 5.43. The first-order valence-corrected chi connectivity index (χ1v) is 5.81. The lowest BCUT2D eigenvalue weighted by molar-refractivity contribution is 0.664. The Morgan fingerprint density at radius 2 is 2.12 bits per heavy atom. The summed E-state index contributed by atoms with van der Waals surface area (Å²) in [5.41, 5.74) is 2.04. The number of hydrogen-bond donors (Lipinski definition) is 1. The topological polar surface area (TPSA) is 37.8 Å². The molecule has 0 spiro atoms. The summed E-state index contributed by atoms with van der Waals surface area (Å²) in [6.45, 7) is 1.88. The molecule has 1 aromatic heterocycles. The number of benzene rings is 1. The predicted octanol–water partition coefficient (Wildman–Crippen LogP) is 2.75. The number of hydrogen-bond acceptors (Lipinski definition) is 3. The first-order chi connectivity index (χ1) is 8.20. The second-order valence-corrected chi connectivity index (χ2v) is 4.24. The molecule has 1 heterocycles. The van der Waals surface area contributed by atoms with Gasteiger partial charge < -0.3 is 5.32 Å². The van der Waals surface area contributed by atoms with E-state index in [1.54, 1.807) is 6.20 Å². The molecular weight excluding hydrogens is 234 g/mol. The Hall–Kier alpha value is -1.45. The summed E-state index contributed by atoms with van der Waals surface area (Å²) in [7, 11) is 1.91. The van der Waals surface area contributed by atoms with Crippen LogP contribution in [0.25, 0.3) is 0 Å². The molecule has 1 aromatic carbocycles. The van der Waals surface area contributed by atoms with Crippen molar-refractivity contribution >= 4 is 11.6 Å². The van der Waals surface area contributed by atoms with Gasteiger partial charge in [0.25, 0.3) is 0 Å². The van der Waals surface area contributed by atoms with Crippen LogP contribution in [0, 0.1) is 6.92 Å². The molecule has 0 aliphatic heterocycles. The zero-order valence-electron chi connectivity index (χ0n) is 9.81. The summed E-state index contributed by atoms with van der Waals surface area (Å²) < 4.78 is 0. The third kappa shape index (κ3) is 2.81. The van der Waals surface area contributed by atoms with Crippen molar-refractivity contribution in [1.82, 2.24) is 15.3 Å². The fourth-order valence-electron chi connectivity index (χ4n) is 1.81. The van der Waals surface area contributed by atoms with Crippen molar-refractivity contribution in [2.24, 2.45) is 0 Å². The molecule has 1 unspecified atom stereocenters. The minimum atomic E-state index is 0.0374. The molecule has 0 aliphatic rings. The van der Waals surface area contributed by atoms with E-state index in [2.05, 4.69) is 15.3 Å². The van der Waals surface area contributed by atoms with Crippen molar-refractivity contribution in [2.45, 2.75) is 13.0 Å². The molecule has 0 aliphatic carbocycles. The van der Waals surface area contributed by atoms with Gasteiger partial charge in [-0.2, -0.15) is 0 Å². The quantitative estimate of drug-likeness (QED) is 0.906. The highest BCUT2D eigenvalue weighted by Crippen LogP contribution is 2.22. The Bertz CT molecular complexity index is 468. The Labute approximate surface area is 106 Å². The zero-order valence-corrected chi connectivity index (χ0v) is 10.6. The van der Waals surface area contributed by atoms with E-state index in [4.69, 9.17) is 11.6 Å². The van der Waals surface area contributed by atoms with Gasteiger partial charge in [0.1, 0.15) is 5.82 Å². The largest absolute Gasteiger partial charge is 0.308 e. The second-order valence-electron chi connectivity index (χ2n) is 3.81. The van der Waals surface area contributed by atoms with E-state index in [-0.39, 0.29) is 6.04 Å². The molecule has 4 heteroatoms. The molecule has 1 atom stereocenters. The summed E-state index contributed by atoms with van der Waals surface area (Å²) in [5, 5.41) is 3.97. The fraction of sp³-hybridized carbons (Fsp3) is 0.231. The molecule has 3 nitrogen and oxygen atoms in total. The van der Waals surface area contributed by atoms with Gasteiger partial charge in [0.15, 0.2) is 0 Å². The van der Waals surface area contributed by atoms with E-state index in [0.717, 1.165) is 22.1 Å². The third-order valence-corrected chi connectivity index (χ3v) is 2.80. The van der Waals surface area contributed by atoms with Crippen molar-refractivity contribution in [1.29, 1.82) is 0 Å². The van der Waals surface area contributed by atoms with Crippen LogP contribution in [-0.4, -0.2) is 17.0 Å². The Kier molecular flexibility index (Phi) is 3.71. The maximum absolute atomic E-state index is 6.00. The van der Waals surface area contributed by atoms with Crippen LogP contribution in [0.4, 0.5) is 0 Å². The van der Waals surface area contributed by atoms with Gasteiger partial charge >= 0.3 is 0 Å². The van der Waals surface area contributed by atoms with Crippen LogP contribution in [0.1, 0.15) is 23.1 Å². The zero-order chi connectivity index (χ0) is 12.3. The number of halogens is 1. The second kappa shape index (κ2) is 5.25. The maximum Gasteiger partial charge on any atom is 0.125 e. The van der Waals surface area contributed by atoms with E-state index in [1.165, 1.54) is 0 Å². The van der Waals surface area contributed by atoms with Crippen molar-refractivity contribution in [3.8, 4) is 0 Å². The van der Waals surface area contributed by atoms with Crippen molar-refractivity contribution in [2.75, 3.05) is 7.05 Å². The Morgan fingerprint density at radius 1 is 1.29 bits per heavy atom. The van der Waals surface area contributed by atoms with E-state index in [9.17, 15) is 0 Å². The molecule has 0 radical (unpaired) electrons. The highest BCUT2D eigenvalue weighted by molar-refractivity contribution is 6.30. The molecule has 88 valence electrons. The monoisotopic (exact) mass is 247 g/mol. The number of nitrogens with one attached hydrogen (secondary N) is 1. The van der Waals surface area contributed by atoms with Crippen LogP contribution in [0.3, 0.4) is 0 Å². The Morgan fingerprint density at radius 3 is 2.76 bits per heavy atom. The van der Waals surface area contributed by atoms with E-state index >= 15 is 0 Å². The van der Waals surface area contributed by atoms with Crippen molar-refractivity contribution in [3.05, 3.63) is 58.6 Å². The van der Waals surface area contributed by atoms with Gasteiger partial charge in [0.05, 0.1) is 11.7 Å². The smallest absolute Gasteiger partial charge is 0.125 e. The number of aromatic nitrogens is 2. The fourth-order valence-corrected chi connectivity index (χ4v) is 2.01. The highest BCUT2D eigenvalue weighted by Gasteiger charge is 2.13. The van der Waals surface area contributed by atoms with Crippen LogP contribution in [0.5, 0.6) is 0 Å². The van der Waals surface area contributed by atoms with Gasteiger partial charge in [-0.15, -0.1) is 0 Å². The lowest BCUT2D eigenvalue weighted by Gasteiger charge is -2.16. The lowest BCUT2D eigenvalue weighted by atomic mass is 10.0. The molecule has 0 bridgehead atoms. The molecule has 0 saturated carbocycles.